The molecule has 5 nitrogen and oxygen atoms in total. The van der Waals surface area contributed by atoms with Crippen molar-refractivity contribution in [2.24, 2.45) is 0 Å². The normalized spacial score (nSPS) is 15.3. The van der Waals surface area contributed by atoms with E-state index in [1.807, 2.05) is 29.2 Å². The van der Waals surface area contributed by atoms with E-state index in [1.165, 1.54) is 0 Å². The zero-order valence-corrected chi connectivity index (χ0v) is 16.0. The van der Waals surface area contributed by atoms with E-state index in [1.54, 1.807) is 31.2 Å². The molecule has 0 saturated carbocycles. The predicted octanol–water partition coefficient (Wildman–Crippen LogP) is 3.94. The van der Waals surface area contributed by atoms with Crippen LogP contribution < -0.4 is 15.0 Å². The Hall–Kier alpha value is -2.53. The lowest BCUT2D eigenvalue weighted by atomic mass is 10.1. The van der Waals surface area contributed by atoms with Gasteiger partial charge in [-0.15, -0.1) is 0 Å². The zero-order valence-electron chi connectivity index (χ0n) is 15.3. The number of amides is 2. The van der Waals surface area contributed by atoms with Crippen molar-refractivity contribution in [3.8, 4) is 5.75 Å². The first kappa shape index (κ1) is 19.2. The molecule has 2 aromatic rings. The summed E-state index contributed by atoms with van der Waals surface area (Å²) in [5, 5.41) is 3.49. The van der Waals surface area contributed by atoms with Crippen molar-refractivity contribution in [1.29, 1.82) is 0 Å². The third kappa shape index (κ3) is 5.23. The average Bonchev–Trinajstić information content (AvgIpc) is 2.68. The number of nitrogens with zero attached hydrogens (tertiary/aromatic N) is 1. The second-order valence-corrected chi connectivity index (χ2v) is 7.04. The molecule has 1 aliphatic heterocycles. The van der Waals surface area contributed by atoms with E-state index in [2.05, 4.69) is 5.32 Å². The Bertz CT molecular complexity index is 790. The fourth-order valence-electron chi connectivity index (χ4n) is 2.98. The first-order valence-electron chi connectivity index (χ1n) is 9.12. The van der Waals surface area contributed by atoms with Gasteiger partial charge in [0.2, 0.25) is 5.91 Å². The topological polar surface area (TPSA) is 58.6 Å². The SMILES string of the molecule is CC(Oc1ccc(Cl)cc1)C(=O)NCc1ccc(N2CCCCC2=O)cc1. The molecule has 1 unspecified atom stereocenters. The van der Waals surface area contributed by atoms with Gasteiger partial charge in [0.25, 0.3) is 5.91 Å². The van der Waals surface area contributed by atoms with Gasteiger partial charge < -0.3 is 15.0 Å². The van der Waals surface area contributed by atoms with Crippen molar-refractivity contribution in [2.75, 3.05) is 11.4 Å². The van der Waals surface area contributed by atoms with Crippen LogP contribution in [0.15, 0.2) is 48.5 Å². The molecule has 3 rings (SSSR count). The van der Waals surface area contributed by atoms with Gasteiger partial charge in [-0.2, -0.15) is 0 Å². The lowest BCUT2D eigenvalue weighted by molar-refractivity contribution is -0.127. The maximum absolute atomic E-state index is 12.2. The van der Waals surface area contributed by atoms with E-state index in [4.69, 9.17) is 16.3 Å². The lowest BCUT2D eigenvalue weighted by Crippen LogP contribution is -2.36. The number of ether oxygens (including phenoxy) is 1. The van der Waals surface area contributed by atoms with Crippen LogP contribution in [0.3, 0.4) is 0 Å². The summed E-state index contributed by atoms with van der Waals surface area (Å²) in [7, 11) is 0. The third-order valence-electron chi connectivity index (χ3n) is 4.53. The molecule has 142 valence electrons. The Morgan fingerprint density at radius 3 is 2.52 bits per heavy atom. The molecule has 1 aliphatic rings. The predicted molar refractivity (Wildman–Crippen MR) is 106 cm³/mol. The van der Waals surface area contributed by atoms with Crippen molar-refractivity contribution < 1.29 is 14.3 Å². The van der Waals surface area contributed by atoms with E-state index >= 15 is 0 Å². The molecule has 2 amide bonds. The van der Waals surface area contributed by atoms with Gasteiger partial charge in [-0.1, -0.05) is 23.7 Å². The molecule has 1 atom stereocenters. The van der Waals surface area contributed by atoms with Crippen molar-refractivity contribution in [1.82, 2.24) is 5.32 Å². The van der Waals surface area contributed by atoms with Gasteiger partial charge in [-0.05, 0) is 61.7 Å². The number of hydrogen-bond acceptors (Lipinski definition) is 3. The van der Waals surface area contributed by atoms with E-state index in [0.717, 1.165) is 30.6 Å². The molecule has 1 fully saturated rings. The average molecular weight is 387 g/mol. The van der Waals surface area contributed by atoms with Gasteiger partial charge in [0.05, 0.1) is 0 Å². The van der Waals surface area contributed by atoms with Gasteiger partial charge >= 0.3 is 0 Å². The zero-order chi connectivity index (χ0) is 19.2. The Balaban J connectivity index is 1.50. The van der Waals surface area contributed by atoms with Crippen LogP contribution in [-0.2, 0) is 16.1 Å². The summed E-state index contributed by atoms with van der Waals surface area (Å²) in [6.45, 7) is 2.88. The fourth-order valence-corrected chi connectivity index (χ4v) is 3.10. The van der Waals surface area contributed by atoms with Crippen molar-refractivity contribution >= 4 is 29.1 Å². The second-order valence-electron chi connectivity index (χ2n) is 6.60. The Labute approximate surface area is 164 Å². The molecule has 1 heterocycles. The second kappa shape index (κ2) is 8.91. The number of carbonyl (C=O) groups excluding carboxylic acids is 2. The van der Waals surface area contributed by atoms with Crippen LogP contribution in [0, 0.1) is 0 Å². The van der Waals surface area contributed by atoms with E-state index in [9.17, 15) is 9.59 Å². The van der Waals surface area contributed by atoms with Crippen LogP contribution in [0.2, 0.25) is 5.02 Å². The quantitative estimate of drug-likeness (QED) is 0.818. The molecule has 27 heavy (non-hydrogen) atoms. The molecular weight excluding hydrogens is 364 g/mol. The van der Waals surface area contributed by atoms with Crippen LogP contribution in [0.1, 0.15) is 31.7 Å². The maximum atomic E-state index is 12.2. The largest absolute Gasteiger partial charge is 0.481 e. The first-order chi connectivity index (χ1) is 13.0. The Kier molecular flexibility index (Phi) is 6.35. The monoisotopic (exact) mass is 386 g/mol. The molecule has 2 aromatic carbocycles. The van der Waals surface area contributed by atoms with Gasteiger partial charge in [-0.25, -0.2) is 0 Å². The summed E-state index contributed by atoms with van der Waals surface area (Å²) in [5.41, 5.74) is 1.88. The molecule has 0 radical (unpaired) electrons. The number of benzene rings is 2. The number of carbonyl (C=O) groups is 2. The third-order valence-corrected chi connectivity index (χ3v) is 4.79. The molecule has 0 spiro atoms. The van der Waals surface area contributed by atoms with Crippen LogP contribution in [0.5, 0.6) is 5.75 Å². The molecule has 0 aromatic heterocycles. The smallest absolute Gasteiger partial charge is 0.261 e. The molecule has 1 N–H and O–H groups in total. The highest BCUT2D eigenvalue weighted by Crippen LogP contribution is 2.21. The van der Waals surface area contributed by atoms with Crippen molar-refractivity contribution in [3.63, 3.8) is 0 Å². The molecule has 0 aliphatic carbocycles. The molecule has 1 saturated heterocycles. The summed E-state index contributed by atoms with van der Waals surface area (Å²) in [6.07, 6.45) is 2.00. The minimum absolute atomic E-state index is 0.176. The van der Waals surface area contributed by atoms with Crippen LogP contribution in [-0.4, -0.2) is 24.5 Å². The number of rotatable bonds is 6. The van der Waals surface area contributed by atoms with Gasteiger partial charge in [0, 0.05) is 30.2 Å². The highest BCUT2D eigenvalue weighted by atomic mass is 35.5. The van der Waals surface area contributed by atoms with E-state index < -0.39 is 6.10 Å². The van der Waals surface area contributed by atoms with Crippen molar-refractivity contribution in [3.05, 3.63) is 59.1 Å². The first-order valence-corrected chi connectivity index (χ1v) is 9.50. The Morgan fingerprint density at radius 2 is 1.85 bits per heavy atom. The Morgan fingerprint density at radius 1 is 1.15 bits per heavy atom. The lowest BCUT2D eigenvalue weighted by Gasteiger charge is -2.26. The minimum Gasteiger partial charge on any atom is -0.481 e. The van der Waals surface area contributed by atoms with E-state index in [0.29, 0.717) is 23.7 Å². The number of piperidine rings is 1. The van der Waals surface area contributed by atoms with Crippen LogP contribution >= 0.6 is 11.6 Å². The minimum atomic E-state index is -0.614. The highest BCUT2D eigenvalue weighted by molar-refractivity contribution is 6.30. The summed E-state index contributed by atoms with van der Waals surface area (Å²) in [4.78, 5) is 26.0. The number of anilines is 1. The maximum Gasteiger partial charge on any atom is 0.261 e. The van der Waals surface area contributed by atoms with Crippen LogP contribution in [0.25, 0.3) is 0 Å². The summed E-state index contributed by atoms with van der Waals surface area (Å²) >= 11 is 5.84. The van der Waals surface area contributed by atoms with Gasteiger partial charge in [0.15, 0.2) is 6.10 Å². The molecule has 6 heteroatoms. The van der Waals surface area contributed by atoms with Crippen molar-refractivity contribution in [2.45, 2.75) is 38.8 Å². The number of halogens is 1. The summed E-state index contributed by atoms with van der Waals surface area (Å²) in [6, 6.07) is 14.6. The van der Waals surface area contributed by atoms with E-state index in [-0.39, 0.29) is 11.8 Å². The van der Waals surface area contributed by atoms with Gasteiger partial charge in [-0.3, -0.25) is 9.59 Å². The standard InChI is InChI=1S/C21H23ClN2O3/c1-15(27-19-11-7-17(22)8-12-19)21(26)23-14-16-5-9-18(10-6-16)24-13-3-2-4-20(24)25/h5-12,15H,2-4,13-14H2,1H3,(H,23,26). The van der Waals surface area contributed by atoms with Crippen LogP contribution in [0.4, 0.5) is 5.69 Å². The number of hydrogen-bond donors (Lipinski definition) is 1. The highest BCUT2D eigenvalue weighted by Gasteiger charge is 2.19. The molecule has 0 bridgehead atoms. The summed E-state index contributed by atoms with van der Waals surface area (Å²) < 4.78 is 5.61. The molecular formula is C21H23ClN2O3. The number of nitrogens with one attached hydrogen (secondary N) is 1. The summed E-state index contributed by atoms with van der Waals surface area (Å²) in [5.74, 6) is 0.577. The van der Waals surface area contributed by atoms with Gasteiger partial charge in [0.1, 0.15) is 5.75 Å². The fraction of sp³-hybridized carbons (Fsp3) is 0.333.